The lowest BCUT2D eigenvalue weighted by atomic mass is 10.1. The molecule has 12 heteroatoms. The number of amides is 2. The Morgan fingerprint density at radius 2 is 1.71 bits per heavy atom. The first kappa shape index (κ1) is 25.9. The number of carboxylic acids is 1. The molecule has 2 aromatic carbocycles. The Labute approximate surface area is 198 Å². The van der Waals surface area contributed by atoms with Crippen LogP contribution in [0.15, 0.2) is 48.8 Å². The van der Waals surface area contributed by atoms with E-state index in [4.69, 9.17) is 9.90 Å². The van der Waals surface area contributed by atoms with Crippen molar-refractivity contribution in [1.29, 1.82) is 0 Å². The molecule has 0 spiro atoms. The van der Waals surface area contributed by atoms with Crippen molar-refractivity contribution >= 4 is 23.0 Å². The number of nitrogens with one attached hydrogen (secondary N) is 2. The van der Waals surface area contributed by atoms with Crippen molar-refractivity contribution in [3.8, 4) is 0 Å². The molecular weight excluding hydrogens is 470 g/mol. The van der Waals surface area contributed by atoms with Crippen molar-refractivity contribution in [2.45, 2.75) is 19.1 Å². The van der Waals surface area contributed by atoms with Gasteiger partial charge in [0, 0.05) is 44.8 Å². The molecule has 188 valence electrons. The zero-order valence-corrected chi connectivity index (χ0v) is 18.7. The number of aromatic amines is 1. The van der Waals surface area contributed by atoms with Gasteiger partial charge in [-0.3, -0.25) is 4.90 Å². The predicted octanol–water partition coefficient (Wildman–Crippen LogP) is 3.41. The third-order valence-electron chi connectivity index (χ3n) is 5.52. The molecule has 8 nitrogen and oxygen atoms in total. The van der Waals surface area contributed by atoms with Crippen LogP contribution in [0, 0.1) is 5.82 Å². The summed E-state index contributed by atoms with van der Waals surface area (Å²) >= 11 is 0. The monoisotopic (exact) mass is 495 g/mol. The van der Waals surface area contributed by atoms with Gasteiger partial charge in [0.15, 0.2) is 0 Å². The molecule has 4 rings (SSSR count). The Balaban J connectivity index is 0.000000429. The summed E-state index contributed by atoms with van der Waals surface area (Å²) in [5, 5.41) is 9.96. The molecule has 0 saturated carbocycles. The first-order chi connectivity index (χ1) is 16.6. The molecule has 2 amide bonds. The number of carboxylic acid groups (broad SMARTS) is 1. The van der Waals surface area contributed by atoms with Crippen LogP contribution in [0.4, 0.5) is 22.4 Å². The highest BCUT2D eigenvalue weighted by molar-refractivity contribution is 5.80. The van der Waals surface area contributed by atoms with E-state index in [0.717, 1.165) is 31.6 Å². The largest absolute Gasteiger partial charge is 0.490 e. The van der Waals surface area contributed by atoms with Crippen LogP contribution in [-0.2, 0) is 17.8 Å². The van der Waals surface area contributed by atoms with Gasteiger partial charge in [0.25, 0.3) is 0 Å². The van der Waals surface area contributed by atoms with Crippen molar-refractivity contribution in [1.82, 2.24) is 25.1 Å². The number of halogens is 4. The number of nitrogens with zero attached hydrogens (tertiary/aromatic N) is 3. The molecule has 3 N–H and O–H groups in total. The number of aromatic nitrogens is 2. The summed E-state index contributed by atoms with van der Waals surface area (Å²) in [5.74, 6) is -3.11. The zero-order chi connectivity index (χ0) is 25.4. The number of urea groups is 1. The number of fused-ring (bicyclic) bond motifs is 1. The van der Waals surface area contributed by atoms with Gasteiger partial charge in [-0.1, -0.05) is 30.3 Å². The molecule has 1 saturated heterocycles. The Morgan fingerprint density at radius 1 is 1.06 bits per heavy atom. The molecule has 3 aromatic rings. The minimum Gasteiger partial charge on any atom is -0.475 e. The average Bonchev–Trinajstić information content (AvgIpc) is 3.32. The van der Waals surface area contributed by atoms with Crippen LogP contribution in [0.3, 0.4) is 0 Å². The van der Waals surface area contributed by atoms with Crippen LogP contribution in [0.1, 0.15) is 11.1 Å². The standard InChI is InChI=1S/C21H24FN5O.C2HF3O2/c22-18-6-7-19-20(25-15-24-19)17(18)14-23-21(28)27-12-10-26(11-13-27)9-8-16-4-2-1-3-5-16;3-2(4,5)1(6)7/h1-7,15H,8-14H2,(H,23,28)(H,24,25);(H,6,7). The fourth-order valence-electron chi connectivity index (χ4n) is 3.59. The van der Waals surface area contributed by atoms with Crippen molar-refractivity contribution in [2.24, 2.45) is 0 Å². The van der Waals surface area contributed by atoms with Crippen LogP contribution >= 0.6 is 0 Å². The van der Waals surface area contributed by atoms with E-state index >= 15 is 0 Å². The van der Waals surface area contributed by atoms with Gasteiger partial charge in [-0.25, -0.2) is 19.0 Å². The van der Waals surface area contributed by atoms with Gasteiger partial charge >= 0.3 is 18.2 Å². The molecule has 0 bridgehead atoms. The van der Waals surface area contributed by atoms with Crippen LogP contribution in [-0.4, -0.2) is 75.8 Å². The van der Waals surface area contributed by atoms with E-state index in [9.17, 15) is 22.4 Å². The Bertz CT molecular complexity index is 1130. The third-order valence-corrected chi connectivity index (χ3v) is 5.52. The Morgan fingerprint density at radius 3 is 2.34 bits per heavy atom. The number of hydrogen-bond acceptors (Lipinski definition) is 4. The molecule has 0 atom stereocenters. The second-order valence-electron chi connectivity index (χ2n) is 7.85. The number of carbonyl (C=O) groups excluding carboxylic acids is 1. The molecule has 1 aromatic heterocycles. The summed E-state index contributed by atoms with van der Waals surface area (Å²) in [5.41, 5.74) is 3.06. The van der Waals surface area contributed by atoms with Gasteiger partial charge in [0.2, 0.25) is 0 Å². The lowest BCUT2D eigenvalue weighted by molar-refractivity contribution is -0.192. The van der Waals surface area contributed by atoms with Gasteiger partial charge in [0.1, 0.15) is 5.82 Å². The van der Waals surface area contributed by atoms with Gasteiger partial charge in [-0.05, 0) is 24.1 Å². The number of rotatable bonds is 5. The molecule has 1 aliphatic heterocycles. The number of H-pyrrole nitrogens is 1. The van der Waals surface area contributed by atoms with Crippen molar-refractivity contribution in [3.05, 3.63) is 65.7 Å². The molecule has 0 radical (unpaired) electrons. The summed E-state index contributed by atoms with van der Waals surface area (Å²) in [4.78, 5) is 32.7. The van der Waals surface area contributed by atoms with E-state index in [2.05, 4.69) is 44.5 Å². The van der Waals surface area contributed by atoms with Crippen LogP contribution in [0.5, 0.6) is 0 Å². The van der Waals surface area contributed by atoms with Crippen LogP contribution in [0.25, 0.3) is 11.0 Å². The van der Waals surface area contributed by atoms with Gasteiger partial charge in [-0.2, -0.15) is 13.2 Å². The summed E-state index contributed by atoms with van der Waals surface area (Å²) < 4.78 is 45.9. The Kier molecular flexibility index (Phi) is 8.63. The quantitative estimate of drug-likeness (QED) is 0.471. The number of imidazole rings is 1. The van der Waals surface area contributed by atoms with Gasteiger partial charge in [0.05, 0.1) is 17.4 Å². The van der Waals surface area contributed by atoms with E-state index in [-0.39, 0.29) is 18.4 Å². The van der Waals surface area contributed by atoms with E-state index in [1.807, 2.05) is 6.07 Å². The highest BCUT2D eigenvalue weighted by Gasteiger charge is 2.38. The van der Waals surface area contributed by atoms with E-state index in [1.54, 1.807) is 11.0 Å². The minimum atomic E-state index is -5.08. The first-order valence-corrected chi connectivity index (χ1v) is 10.8. The smallest absolute Gasteiger partial charge is 0.475 e. The van der Waals surface area contributed by atoms with Gasteiger partial charge in [-0.15, -0.1) is 0 Å². The van der Waals surface area contributed by atoms with E-state index in [0.29, 0.717) is 24.2 Å². The van der Waals surface area contributed by atoms with Crippen molar-refractivity contribution < 1.29 is 32.3 Å². The fraction of sp³-hybridized carbons (Fsp3) is 0.348. The normalized spacial score (nSPS) is 14.3. The molecule has 1 fully saturated rings. The minimum absolute atomic E-state index is 0.126. The molecule has 1 aliphatic rings. The highest BCUT2D eigenvalue weighted by atomic mass is 19.4. The summed E-state index contributed by atoms with van der Waals surface area (Å²) in [6.45, 7) is 4.17. The van der Waals surface area contributed by atoms with Crippen molar-refractivity contribution in [3.63, 3.8) is 0 Å². The SMILES string of the molecule is O=C(NCc1c(F)ccc2[nH]cnc12)N1CCN(CCc2ccccc2)CC1.O=C(O)C(F)(F)F. The lowest BCUT2D eigenvalue weighted by Crippen LogP contribution is -2.51. The summed E-state index contributed by atoms with van der Waals surface area (Å²) in [6.07, 6.45) is -2.54. The molecular formula is C23H25F4N5O3. The van der Waals surface area contributed by atoms with Gasteiger partial charge < -0.3 is 20.3 Å². The molecule has 0 aliphatic carbocycles. The number of alkyl halides is 3. The second kappa shape index (κ2) is 11.6. The maximum absolute atomic E-state index is 14.1. The Hall–Kier alpha value is -3.67. The number of benzene rings is 2. The van der Waals surface area contributed by atoms with Crippen LogP contribution in [0.2, 0.25) is 0 Å². The molecule has 35 heavy (non-hydrogen) atoms. The number of piperazine rings is 1. The average molecular weight is 495 g/mol. The number of carbonyl (C=O) groups is 2. The summed E-state index contributed by atoms with van der Waals surface area (Å²) in [6, 6.07) is 13.3. The first-order valence-electron chi connectivity index (χ1n) is 10.8. The third kappa shape index (κ3) is 7.41. The number of aliphatic carboxylic acids is 1. The maximum Gasteiger partial charge on any atom is 0.490 e. The fourth-order valence-corrected chi connectivity index (χ4v) is 3.59. The maximum atomic E-state index is 14.1. The molecule has 2 heterocycles. The van der Waals surface area contributed by atoms with E-state index in [1.165, 1.54) is 18.0 Å². The molecule has 0 unspecified atom stereocenters. The predicted molar refractivity (Wildman–Crippen MR) is 120 cm³/mol. The zero-order valence-electron chi connectivity index (χ0n) is 18.7. The highest BCUT2D eigenvalue weighted by Crippen LogP contribution is 2.18. The van der Waals surface area contributed by atoms with Crippen LogP contribution < -0.4 is 5.32 Å². The lowest BCUT2D eigenvalue weighted by Gasteiger charge is -2.34. The summed E-state index contributed by atoms with van der Waals surface area (Å²) in [7, 11) is 0. The van der Waals surface area contributed by atoms with E-state index < -0.39 is 12.1 Å². The second-order valence-corrected chi connectivity index (χ2v) is 7.85. The number of hydrogen-bond donors (Lipinski definition) is 3. The topological polar surface area (TPSA) is 102 Å². The van der Waals surface area contributed by atoms with Crippen molar-refractivity contribution in [2.75, 3.05) is 32.7 Å².